The van der Waals surface area contributed by atoms with Crippen LogP contribution in [0.15, 0.2) is 97.1 Å². The second kappa shape index (κ2) is 38.8. The van der Waals surface area contributed by atoms with E-state index in [1.807, 2.05) is 141 Å². The zero-order valence-electron chi connectivity index (χ0n) is 64.2. The van der Waals surface area contributed by atoms with E-state index < -0.39 is 16.8 Å². The van der Waals surface area contributed by atoms with Gasteiger partial charge in [0.1, 0.15) is 52.6 Å². The van der Waals surface area contributed by atoms with Gasteiger partial charge in [0.25, 0.3) is 0 Å². The molecular weight excluding hydrogens is 1570 g/mol. The molecule has 0 saturated heterocycles. The van der Waals surface area contributed by atoms with Crippen LogP contribution in [0.4, 0.5) is 29.4 Å². The van der Waals surface area contributed by atoms with Gasteiger partial charge < -0.3 is 52.3 Å². The number of nitrogens with one attached hydrogen (secondary N) is 5. The number of para-hydroxylation sites is 4. The number of halogens is 1. The summed E-state index contributed by atoms with van der Waals surface area (Å²) in [7, 11) is 0. The lowest BCUT2D eigenvalue weighted by molar-refractivity contribution is -0.120. The Labute approximate surface area is 686 Å². The SMILES string of the molecule is C.CC(=O)Cl.CC(=O)Nc1sc2c(c1-c1nc3ccccc3s1)CCC(N)C2.CC(=O)Nc1sc2c(c1-c1nc3ccccc3s1)CCC(NC(=O)OC(C)(C)C)C2.CC(C)(C)OC(=O)NC1CCC(=O)CC1.CC(C)(C)OC(=O)NC1CCc2c(sc(N)c2-c2nc3ccccc3s2)C1.N#CCc1nc2ccccc2s1. The molecular formula is C82H97ClN12O10S7. The molecule has 3 unspecified atom stereocenters. The predicted octanol–water partition coefficient (Wildman–Crippen LogP) is 19.9. The number of carbonyl (C=O) groups is 7. The number of thiophene rings is 3. The lowest BCUT2D eigenvalue weighted by Crippen LogP contribution is -2.41. The normalized spacial score (nSPS) is 15.8. The second-order valence-corrected chi connectivity index (χ2v) is 38.1. The maximum absolute atomic E-state index is 12.2. The van der Waals surface area contributed by atoms with Crippen molar-refractivity contribution in [3.05, 3.63) is 133 Å². The monoisotopic (exact) mass is 1670 g/mol. The summed E-state index contributed by atoms with van der Waals surface area (Å²) in [5, 5.41) is 29.2. The number of hydrogen-bond donors (Lipinski definition) is 7. The third-order valence-corrected chi connectivity index (χ3v) is 24.9. The van der Waals surface area contributed by atoms with Gasteiger partial charge in [0.05, 0.1) is 58.4 Å². The van der Waals surface area contributed by atoms with Gasteiger partial charge in [-0.15, -0.1) is 79.4 Å². The van der Waals surface area contributed by atoms with Crippen LogP contribution in [0.25, 0.3) is 72.6 Å². The van der Waals surface area contributed by atoms with Crippen LogP contribution in [0, 0.1) is 11.3 Å². The Morgan fingerprint density at radius 3 is 1.19 bits per heavy atom. The van der Waals surface area contributed by atoms with Crippen LogP contribution in [0.2, 0.25) is 0 Å². The van der Waals surface area contributed by atoms with Gasteiger partial charge in [0, 0.05) is 102 Å². The van der Waals surface area contributed by atoms with Gasteiger partial charge in [-0.2, -0.15) is 5.26 Å². The fraction of sp³-hybridized carbons (Fsp3) is 0.415. The van der Waals surface area contributed by atoms with Crippen molar-refractivity contribution in [2.24, 2.45) is 5.73 Å². The molecule has 22 nitrogen and oxygen atoms in total. The van der Waals surface area contributed by atoms with E-state index in [0.717, 1.165) is 154 Å². The highest BCUT2D eigenvalue weighted by molar-refractivity contribution is 7.24. The molecule has 7 heterocycles. The molecule has 0 radical (unpaired) electrons. The first-order valence-electron chi connectivity index (χ1n) is 36.6. The van der Waals surface area contributed by atoms with E-state index in [9.17, 15) is 33.6 Å². The Morgan fingerprint density at radius 1 is 0.482 bits per heavy atom. The maximum Gasteiger partial charge on any atom is 0.407 e. The second-order valence-electron chi connectivity index (χ2n) is 30.0. The van der Waals surface area contributed by atoms with Crippen LogP contribution in [-0.4, -0.2) is 102 Å². The molecule has 15 rings (SSSR count). The number of nitrogen functional groups attached to an aromatic ring is 1. The van der Waals surface area contributed by atoms with Crippen molar-refractivity contribution in [2.75, 3.05) is 16.4 Å². The number of ketones is 1. The average Bonchev–Trinajstić information content (AvgIpc) is 1.62. The Balaban J connectivity index is 0.000000163. The molecule has 3 atom stereocenters. The number of Topliss-reactive ketones (excluding diaryl/α,β-unsaturated/α-hetero) is 1. The molecule has 7 aromatic heterocycles. The summed E-state index contributed by atoms with van der Waals surface area (Å²) in [6, 6.07) is 34.8. The number of hydrogen-bond acceptors (Lipinski definition) is 24. The van der Waals surface area contributed by atoms with Crippen molar-refractivity contribution in [2.45, 2.75) is 221 Å². The van der Waals surface area contributed by atoms with Crippen LogP contribution in [0.5, 0.6) is 0 Å². The van der Waals surface area contributed by atoms with Gasteiger partial charge in [0.15, 0.2) is 0 Å². The van der Waals surface area contributed by atoms with E-state index in [1.165, 1.54) is 54.6 Å². The van der Waals surface area contributed by atoms with Crippen LogP contribution < -0.4 is 38.1 Å². The number of rotatable bonds is 9. The minimum absolute atomic E-state index is 0. The number of carbonyl (C=O) groups excluding carboxylic acids is 7. The molecule has 4 aliphatic carbocycles. The number of aromatic nitrogens is 4. The standard InChI is InChI=1S/C22H25N3O3S2.C20H23N3O2S2.C17H17N3OS2.C11H19NO3.C9H6N2S.C2H3ClO.CH4/c1-12(26)23-19-18(20-25-15-7-5-6-8-16(15)29-20)14-10-9-13(11-17(14)30-19)24-21(27)28-22(2,3)4;1-20(2,3)25-19(24)22-11-8-9-12-15(10-11)26-17(21)16(12)18-23-13-6-4-5-7-14(13)27-18;1-9(21)19-16-15(11-7-6-10(18)8-14(11)23-16)17-20-12-4-2-3-5-13(12)22-17;1-11(2,3)15-10(14)12-8-4-6-9(13)7-5-8;10-6-5-9-11-7-3-1-2-4-8(7)12-9;1-2(3)4;/h5-8,13H,9-11H2,1-4H3,(H,23,26)(H,24,27);4-7,11H,8-10,21H2,1-3H3,(H,22,24);2-5,10H,6-8,18H2,1H3,(H,19,21);8H,4-7H2,1-3H3,(H,12,14);1-4H,5H2;1H3;1H4. The Hall–Kier alpha value is -8.83. The molecule has 9 N–H and O–H groups in total. The van der Waals surface area contributed by atoms with Crippen molar-refractivity contribution < 1.29 is 47.8 Å². The lowest BCUT2D eigenvalue weighted by atomic mass is 9.92. The number of alkyl carbamates (subject to hydrolysis) is 3. The highest BCUT2D eigenvalue weighted by atomic mass is 35.5. The molecule has 1 saturated carbocycles. The molecule has 0 aliphatic heterocycles. The first-order chi connectivity index (χ1) is 52.6. The molecule has 30 heteroatoms. The Bertz CT molecular complexity index is 5070. The topological polar surface area (TPSA) is 335 Å². The molecule has 4 aliphatic rings. The molecule has 11 aromatic rings. The van der Waals surface area contributed by atoms with Crippen molar-refractivity contribution >= 4 is 188 Å². The molecule has 4 aromatic carbocycles. The quantitative estimate of drug-likeness (QED) is 0.0521. The smallest absolute Gasteiger partial charge is 0.407 e. The summed E-state index contributed by atoms with van der Waals surface area (Å²) in [6.45, 7) is 21.0. The van der Waals surface area contributed by atoms with Crippen LogP contribution in [-0.2, 0) is 78.3 Å². The number of anilines is 3. The van der Waals surface area contributed by atoms with Gasteiger partial charge in [-0.1, -0.05) is 56.0 Å². The minimum Gasteiger partial charge on any atom is -0.444 e. The molecule has 5 amide bonds. The van der Waals surface area contributed by atoms with E-state index in [0.29, 0.717) is 19.3 Å². The first-order valence-corrected chi connectivity index (χ1v) is 42.7. The van der Waals surface area contributed by atoms with Crippen LogP contribution in [0.3, 0.4) is 0 Å². The van der Waals surface area contributed by atoms with Gasteiger partial charge in [-0.25, -0.2) is 34.3 Å². The third-order valence-electron chi connectivity index (χ3n) is 17.2. The number of nitrogens with zero attached hydrogens (tertiary/aromatic N) is 5. The van der Waals surface area contributed by atoms with E-state index in [-0.39, 0.29) is 72.7 Å². The first kappa shape index (κ1) is 87.1. The van der Waals surface area contributed by atoms with Gasteiger partial charge >= 0.3 is 18.3 Å². The number of fused-ring (bicyclic) bond motifs is 7. The molecule has 1 fully saturated rings. The number of benzene rings is 4. The minimum atomic E-state index is -0.522. The van der Waals surface area contributed by atoms with Crippen molar-refractivity contribution in [1.82, 2.24) is 35.9 Å². The van der Waals surface area contributed by atoms with Gasteiger partial charge in [-0.05, 0) is 197 Å². The lowest BCUT2D eigenvalue weighted by Gasteiger charge is -2.26. The summed E-state index contributed by atoms with van der Waals surface area (Å²) in [5.74, 6) is 0.145. The van der Waals surface area contributed by atoms with E-state index in [1.54, 1.807) is 86.3 Å². The van der Waals surface area contributed by atoms with E-state index >= 15 is 0 Å². The van der Waals surface area contributed by atoms with Crippen LogP contribution >= 0.6 is 91.0 Å². The molecule has 0 spiro atoms. The predicted molar refractivity (Wildman–Crippen MR) is 461 cm³/mol. The molecule has 0 bridgehead atoms. The Kier molecular flexibility index (Phi) is 30.2. The summed E-state index contributed by atoms with van der Waals surface area (Å²) in [4.78, 5) is 102. The van der Waals surface area contributed by atoms with Gasteiger partial charge in [-0.3, -0.25) is 19.2 Å². The van der Waals surface area contributed by atoms with Crippen molar-refractivity contribution in [1.29, 1.82) is 5.26 Å². The number of amides is 5. The molecule has 112 heavy (non-hydrogen) atoms. The maximum atomic E-state index is 12.2. The number of nitriles is 1. The van der Waals surface area contributed by atoms with E-state index in [2.05, 4.69) is 67.4 Å². The Morgan fingerprint density at radius 2 is 0.812 bits per heavy atom. The largest absolute Gasteiger partial charge is 0.444 e. The summed E-state index contributed by atoms with van der Waals surface area (Å²) >= 11 is 16.1. The molecule has 594 valence electrons. The zero-order chi connectivity index (χ0) is 80.1. The summed E-state index contributed by atoms with van der Waals surface area (Å²) in [6.07, 6.45) is 9.62. The van der Waals surface area contributed by atoms with Crippen molar-refractivity contribution in [3.63, 3.8) is 0 Å². The highest BCUT2D eigenvalue weighted by Crippen LogP contribution is 2.49. The van der Waals surface area contributed by atoms with Crippen LogP contribution in [0.1, 0.15) is 172 Å². The fourth-order valence-corrected chi connectivity index (χ4v) is 20.9. The van der Waals surface area contributed by atoms with Crippen molar-refractivity contribution in [3.8, 4) is 37.8 Å². The highest BCUT2D eigenvalue weighted by Gasteiger charge is 2.33. The van der Waals surface area contributed by atoms with E-state index in [4.69, 9.17) is 45.9 Å². The summed E-state index contributed by atoms with van der Waals surface area (Å²) < 4.78 is 20.5. The zero-order valence-corrected chi connectivity index (χ0v) is 70.6. The van der Waals surface area contributed by atoms with Gasteiger partial charge in [0.2, 0.25) is 17.1 Å². The fourth-order valence-electron chi connectivity index (χ4n) is 12.7. The number of thiazole rings is 4. The summed E-state index contributed by atoms with van der Waals surface area (Å²) in [5.41, 5.74) is 22.1. The third kappa shape index (κ3) is 24.8. The number of ether oxygens (including phenoxy) is 3. The average molecular weight is 1670 g/mol. The number of nitrogens with two attached hydrogens (primary N) is 2.